The number of hydrogen-bond donors (Lipinski definition) is 2. The largest absolute Gasteiger partial charge is 0.387 e. The highest BCUT2D eigenvalue weighted by atomic mass is 16.3. The van der Waals surface area contributed by atoms with Crippen molar-refractivity contribution >= 4 is 0 Å². The third-order valence-corrected chi connectivity index (χ3v) is 2.31. The molecule has 0 fully saturated rings. The van der Waals surface area contributed by atoms with Gasteiger partial charge < -0.3 is 10.4 Å². The number of rotatable bonds is 2. The highest BCUT2D eigenvalue weighted by Gasteiger charge is 2.20. The summed E-state index contributed by atoms with van der Waals surface area (Å²) in [6.07, 6.45) is 2.66. The summed E-state index contributed by atoms with van der Waals surface area (Å²) in [5, 5.41) is 17.1. The van der Waals surface area contributed by atoms with Gasteiger partial charge in [-0.05, 0) is 6.42 Å². The highest BCUT2D eigenvalue weighted by molar-refractivity contribution is 5.22. The van der Waals surface area contributed by atoms with E-state index in [0.717, 1.165) is 30.8 Å². The molecule has 2 heterocycles. The van der Waals surface area contributed by atoms with Crippen LogP contribution in [0.5, 0.6) is 0 Å². The summed E-state index contributed by atoms with van der Waals surface area (Å²) in [7, 11) is 0. The molecule has 72 valence electrons. The molecule has 0 bridgehead atoms. The van der Waals surface area contributed by atoms with E-state index < -0.39 is 0 Å². The van der Waals surface area contributed by atoms with Crippen LogP contribution in [0, 0.1) is 0 Å². The molecule has 13 heavy (non-hydrogen) atoms. The molecule has 4 nitrogen and oxygen atoms in total. The first-order valence-corrected chi connectivity index (χ1v) is 4.76. The van der Waals surface area contributed by atoms with Gasteiger partial charge in [-0.15, -0.1) is 0 Å². The van der Waals surface area contributed by atoms with Crippen molar-refractivity contribution < 1.29 is 5.11 Å². The van der Waals surface area contributed by atoms with Crippen molar-refractivity contribution in [3.05, 3.63) is 17.5 Å². The maximum absolute atomic E-state index is 9.63. The van der Waals surface area contributed by atoms with Gasteiger partial charge in [0.1, 0.15) is 0 Å². The average molecular weight is 181 g/mol. The smallest absolute Gasteiger partial charge is 0.0948 e. The molecular weight excluding hydrogens is 166 g/mol. The summed E-state index contributed by atoms with van der Waals surface area (Å²) in [5.74, 6) is 0. The molecular formula is C9H15N3O. The second-order valence-corrected chi connectivity index (χ2v) is 3.44. The lowest BCUT2D eigenvalue weighted by molar-refractivity contribution is 0.165. The van der Waals surface area contributed by atoms with Crippen molar-refractivity contribution in [2.75, 3.05) is 6.54 Å². The number of aromatic nitrogens is 2. The zero-order valence-electron chi connectivity index (χ0n) is 7.82. The molecule has 0 saturated carbocycles. The van der Waals surface area contributed by atoms with E-state index in [1.165, 1.54) is 0 Å². The first kappa shape index (κ1) is 8.72. The molecule has 2 rings (SSSR count). The van der Waals surface area contributed by atoms with Gasteiger partial charge in [-0.3, -0.25) is 4.68 Å². The van der Waals surface area contributed by atoms with Gasteiger partial charge in [0.2, 0.25) is 0 Å². The SMILES string of the molecule is CCCn1cc2c(n1)CNCC2O. The van der Waals surface area contributed by atoms with Crippen LogP contribution in [0.1, 0.15) is 30.7 Å². The molecule has 0 aliphatic carbocycles. The second kappa shape index (κ2) is 3.47. The summed E-state index contributed by atoms with van der Waals surface area (Å²) in [6, 6.07) is 0. The van der Waals surface area contributed by atoms with Crippen LogP contribution < -0.4 is 5.32 Å². The van der Waals surface area contributed by atoms with Gasteiger partial charge in [0.25, 0.3) is 0 Å². The third-order valence-electron chi connectivity index (χ3n) is 2.31. The first-order valence-electron chi connectivity index (χ1n) is 4.76. The fraction of sp³-hybridized carbons (Fsp3) is 0.667. The van der Waals surface area contributed by atoms with Gasteiger partial charge in [0.15, 0.2) is 0 Å². The Morgan fingerprint density at radius 1 is 1.77 bits per heavy atom. The van der Waals surface area contributed by atoms with Gasteiger partial charge in [0.05, 0.1) is 11.8 Å². The lowest BCUT2D eigenvalue weighted by Crippen LogP contribution is -2.27. The van der Waals surface area contributed by atoms with E-state index in [2.05, 4.69) is 17.3 Å². The minimum Gasteiger partial charge on any atom is -0.387 e. The predicted octanol–water partition coefficient (Wildman–Crippen LogP) is 0.430. The molecule has 1 aromatic rings. The van der Waals surface area contributed by atoms with Gasteiger partial charge >= 0.3 is 0 Å². The zero-order valence-corrected chi connectivity index (χ0v) is 7.82. The topological polar surface area (TPSA) is 50.1 Å². The van der Waals surface area contributed by atoms with Crippen LogP contribution in [-0.2, 0) is 13.1 Å². The van der Waals surface area contributed by atoms with Gasteiger partial charge in [-0.1, -0.05) is 6.92 Å². The molecule has 1 aliphatic heterocycles. The number of fused-ring (bicyclic) bond motifs is 1. The maximum atomic E-state index is 9.63. The summed E-state index contributed by atoms with van der Waals surface area (Å²) in [4.78, 5) is 0. The maximum Gasteiger partial charge on any atom is 0.0948 e. The number of aliphatic hydroxyl groups is 1. The van der Waals surface area contributed by atoms with Crippen molar-refractivity contribution in [1.29, 1.82) is 0 Å². The summed E-state index contributed by atoms with van der Waals surface area (Å²) < 4.78 is 1.92. The van der Waals surface area contributed by atoms with E-state index in [0.29, 0.717) is 6.54 Å². The number of aryl methyl sites for hydroxylation is 1. The Morgan fingerprint density at radius 3 is 3.31 bits per heavy atom. The van der Waals surface area contributed by atoms with Crippen LogP contribution in [0.3, 0.4) is 0 Å². The Labute approximate surface area is 77.6 Å². The highest BCUT2D eigenvalue weighted by Crippen LogP contribution is 2.20. The minimum absolute atomic E-state index is 0.380. The van der Waals surface area contributed by atoms with Crippen LogP contribution in [0.25, 0.3) is 0 Å². The molecule has 0 aromatic carbocycles. The van der Waals surface area contributed by atoms with Crippen molar-refractivity contribution in [1.82, 2.24) is 15.1 Å². The van der Waals surface area contributed by atoms with Crippen molar-refractivity contribution in [2.45, 2.75) is 32.5 Å². The number of hydrogen-bond acceptors (Lipinski definition) is 3. The van der Waals surface area contributed by atoms with Crippen LogP contribution in [-0.4, -0.2) is 21.4 Å². The molecule has 0 radical (unpaired) electrons. The van der Waals surface area contributed by atoms with Crippen molar-refractivity contribution in [2.24, 2.45) is 0 Å². The van der Waals surface area contributed by atoms with E-state index in [4.69, 9.17) is 0 Å². The third kappa shape index (κ3) is 1.59. The molecule has 4 heteroatoms. The Hall–Kier alpha value is -0.870. The second-order valence-electron chi connectivity index (χ2n) is 3.44. The molecule has 1 aliphatic rings. The van der Waals surface area contributed by atoms with Crippen molar-refractivity contribution in [3.8, 4) is 0 Å². The van der Waals surface area contributed by atoms with Crippen LogP contribution >= 0.6 is 0 Å². The molecule has 0 amide bonds. The molecule has 0 saturated heterocycles. The van der Waals surface area contributed by atoms with Crippen LogP contribution in [0.4, 0.5) is 0 Å². The Morgan fingerprint density at radius 2 is 2.62 bits per heavy atom. The molecule has 0 spiro atoms. The standard InChI is InChI=1S/C9H15N3O/c1-2-3-12-6-7-8(11-12)4-10-5-9(7)13/h6,9-10,13H,2-5H2,1H3. The number of aliphatic hydroxyl groups excluding tert-OH is 1. The van der Waals surface area contributed by atoms with Crippen LogP contribution in [0.2, 0.25) is 0 Å². The molecule has 1 unspecified atom stereocenters. The lowest BCUT2D eigenvalue weighted by Gasteiger charge is -2.16. The molecule has 2 N–H and O–H groups in total. The van der Waals surface area contributed by atoms with Crippen LogP contribution in [0.15, 0.2) is 6.20 Å². The summed E-state index contributed by atoms with van der Waals surface area (Å²) >= 11 is 0. The first-order chi connectivity index (χ1) is 6.31. The van der Waals surface area contributed by atoms with Crippen molar-refractivity contribution in [3.63, 3.8) is 0 Å². The Balaban J connectivity index is 2.25. The van der Waals surface area contributed by atoms with E-state index >= 15 is 0 Å². The van der Waals surface area contributed by atoms with E-state index in [9.17, 15) is 5.11 Å². The molecule has 1 atom stereocenters. The van der Waals surface area contributed by atoms with Gasteiger partial charge in [-0.25, -0.2) is 0 Å². The van der Waals surface area contributed by atoms with E-state index in [1.54, 1.807) is 0 Å². The monoisotopic (exact) mass is 181 g/mol. The number of β-amino-alcohol motifs (C(OH)–C–C–N with tert-alkyl or cyclic N) is 1. The van der Waals surface area contributed by atoms with E-state index in [-0.39, 0.29) is 6.10 Å². The van der Waals surface area contributed by atoms with Gasteiger partial charge in [-0.2, -0.15) is 5.10 Å². The lowest BCUT2D eigenvalue weighted by atomic mass is 10.1. The fourth-order valence-electron chi connectivity index (χ4n) is 1.67. The summed E-state index contributed by atoms with van der Waals surface area (Å²) in [6.45, 7) is 4.48. The van der Waals surface area contributed by atoms with E-state index in [1.807, 2.05) is 10.9 Å². The number of nitrogens with zero attached hydrogens (tertiary/aromatic N) is 2. The quantitative estimate of drug-likeness (QED) is 0.695. The predicted molar refractivity (Wildman–Crippen MR) is 49.2 cm³/mol. The average Bonchev–Trinajstić information content (AvgIpc) is 2.49. The minimum atomic E-state index is -0.380. The zero-order chi connectivity index (χ0) is 9.26. The Kier molecular flexibility index (Phi) is 2.33. The molecule has 1 aromatic heterocycles. The normalized spacial score (nSPS) is 21.5. The summed E-state index contributed by atoms with van der Waals surface area (Å²) in [5.41, 5.74) is 1.99. The van der Waals surface area contributed by atoms with Gasteiger partial charge in [0, 0.05) is 31.4 Å². The fourth-order valence-corrected chi connectivity index (χ4v) is 1.67. The Bertz CT molecular complexity index is 295. The number of nitrogens with one attached hydrogen (secondary N) is 1.